The summed E-state index contributed by atoms with van der Waals surface area (Å²) in [7, 11) is 0. The first-order chi connectivity index (χ1) is 8.80. The number of amides is 1. The quantitative estimate of drug-likeness (QED) is 0.761. The molecule has 1 atom stereocenters. The fraction of sp³-hybridized carbons (Fsp3) is 0.533. The van der Waals surface area contributed by atoms with Gasteiger partial charge in [-0.2, -0.15) is 0 Å². The molecule has 0 saturated heterocycles. The van der Waals surface area contributed by atoms with E-state index in [2.05, 4.69) is 5.32 Å². The summed E-state index contributed by atoms with van der Waals surface area (Å²) in [4.78, 5) is 11.8. The molecule has 0 bridgehead atoms. The second-order valence-corrected chi connectivity index (χ2v) is 6.06. The van der Waals surface area contributed by atoms with Crippen LogP contribution in [-0.2, 0) is 11.2 Å². The summed E-state index contributed by atoms with van der Waals surface area (Å²) in [5.74, 6) is 0.159. The van der Waals surface area contributed by atoms with Crippen LogP contribution in [0.1, 0.15) is 32.8 Å². The van der Waals surface area contributed by atoms with Crippen molar-refractivity contribution in [2.45, 2.75) is 39.7 Å². The Hall–Kier alpha value is -1.55. The Morgan fingerprint density at radius 3 is 2.32 bits per heavy atom. The average molecular weight is 265 g/mol. The topological polar surface area (TPSA) is 69.6 Å². The zero-order valence-electron chi connectivity index (χ0n) is 11.8. The minimum Gasteiger partial charge on any atom is -0.508 e. The Bertz CT molecular complexity index is 406. The van der Waals surface area contributed by atoms with E-state index in [0.29, 0.717) is 12.8 Å². The maximum atomic E-state index is 11.8. The Labute approximate surface area is 114 Å². The van der Waals surface area contributed by atoms with E-state index in [-0.39, 0.29) is 29.7 Å². The molecule has 0 aliphatic rings. The number of hydrogen-bond acceptors (Lipinski definition) is 3. The molecule has 0 radical (unpaired) electrons. The highest BCUT2D eigenvalue weighted by Gasteiger charge is 2.18. The van der Waals surface area contributed by atoms with Crippen molar-refractivity contribution >= 4 is 5.91 Å². The third-order valence-corrected chi connectivity index (χ3v) is 2.69. The molecular formula is C15H23NO3. The van der Waals surface area contributed by atoms with Crippen molar-refractivity contribution in [2.75, 3.05) is 6.61 Å². The molecule has 1 amide bonds. The standard InChI is InChI=1S/C15H23NO3/c1-15(2,3)9-14(19)16-12(10-17)8-11-4-6-13(18)7-5-11/h4-7,12,17-18H,8-10H2,1-3H3,(H,16,19)/t12-/m0/s1. The number of carbonyl (C=O) groups excluding carboxylic acids is 1. The van der Waals surface area contributed by atoms with Crippen molar-refractivity contribution in [1.29, 1.82) is 0 Å². The molecular weight excluding hydrogens is 242 g/mol. The highest BCUT2D eigenvalue weighted by molar-refractivity contribution is 5.76. The summed E-state index contributed by atoms with van der Waals surface area (Å²) >= 11 is 0. The van der Waals surface area contributed by atoms with Gasteiger partial charge < -0.3 is 15.5 Å². The second kappa shape index (κ2) is 6.57. The number of phenols is 1. The van der Waals surface area contributed by atoms with Crippen LogP contribution in [0.3, 0.4) is 0 Å². The summed E-state index contributed by atoms with van der Waals surface area (Å²) in [5, 5.41) is 21.4. The fourth-order valence-electron chi connectivity index (χ4n) is 1.84. The molecule has 0 aliphatic heterocycles. The van der Waals surface area contributed by atoms with Gasteiger partial charge in [0.25, 0.3) is 0 Å². The van der Waals surface area contributed by atoms with Gasteiger partial charge in [-0.15, -0.1) is 0 Å². The molecule has 106 valence electrons. The Kier molecular flexibility index (Phi) is 5.36. The van der Waals surface area contributed by atoms with Gasteiger partial charge in [0.1, 0.15) is 5.75 Å². The number of aliphatic hydroxyl groups excluding tert-OH is 1. The molecule has 3 N–H and O–H groups in total. The van der Waals surface area contributed by atoms with E-state index in [0.717, 1.165) is 5.56 Å². The van der Waals surface area contributed by atoms with Crippen molar-refractivity contribution < 1.29 is 15.0 Å². The highest BCUT2D eigenvalue weighted by Crippen LogP contribution is 2.18. The number of carbonyl (C=O) groups is 1. The smallest absolute Gasteiger partial charge is 0.220 e. The lowest BCUT2D eigenvalue weighted by atomic mass is 9.91. The molecule has 0 spiro atoms. The van der Waals surface area contributed by atoms with Crippen molar-refractivity contribution in [3.63, 3.8) is 0 Å². The number of benzene rings is 1. The summed E-state index contributed by atoms with van der Waals surface area (Å²) in [6.45, 7) is 5.90. The maximum absolute atomic E-state index is 11.8. The minimum atomic E-state index is -0.292. The van der Waals surface area contributed by atoms with Crippen molar-refractivity contribution in [3.05, 3.63) is 29.8 Å². The van der Waals surface area contributed by atoms with E-state index in [1.807, 2.05) is 20.8 Å². The molecule has 4 heteroatoms. The number of phenolic OH excluding ortho intramolecular Hbond substituents is 1. The summed E-state index contributed by atoms with van der Waals surface area (Å²) in [6.07, 6.45) is 0.978. The second-order valence-electron chi connectivity index (χ2n) is 6.06. The molecule has 0 aromatic heterocycles. The predicted molar refractivity (Wildman–Crippen MR) is 74.9 cm³/mol. The summed E-state index contributed by atoms with van der Waals surface area (Å²) < 4.78 is 0. The number of aromatic hydroxyl groups is 1. The van der Waals surface area contributed by atoms with Crippen LogP contribution in [0.4, 0.5) is 0 Å². The van der Waals surface area contributed by atoms with Crippen LogP contribution < -0.4 is 5.32 Å². The van der Waals surface area contributed by atoms with Gasteiger partial charge in [0.2, 0.25) is 5.91 Å². The van der Waals surface area contributed by atoms with Gasteiger partial charge in [0.15, 0.2) is 0 Å². The van der Waals surface area contributed by atoms with Crippen molar-refractivity contribution in [2.24, 2.45) is 5.41 Å². The lowest BCUT2D eigenvalue weighted by Gasteiger charge is -2.21. The lowest BCUT2D eigenvalue weighted by Crippen LogP contribution is -2.40. The zero-order chi connectivity index (χ0) is 14.5. The van der Waals surface area contributed by atoms with Gasteiger partial charge in [-0.1, -0.05) is 32.9 Å². The molecule has 0 fully saturated rings. The largest absolute Gasteiger partial charge is 0.508 e. The van der Waals surface area contributed by atoms with Crippen LogP contribution in [0.25, 0.3) is 0 Å². The third-order valence-electron chi connectivity index (χ3n) is 2.69. The SMILES string of the molecule is CC(C)(C)CC(=O)N[C@H](CO)Cc1ccc(O)cc1. The van der Waals surface area contributed by atoms with Gasteiger partial charge in [-0.05, 0) is 29.5 Å². The lowest BCUT2D eigenvalue weighted by molar-refractivity contribution is -0.123. The molecule has 1 aromatic rings. The van der Waals surface area contributed by atoms with E-state index in [1.54, 1.807) is 24.3 Å². The first-order valence-electron chi connectivity index (χ1n) is 6.48. The molecule has 0 saturated carbocycles. The molecule has 1 rings (SSSR count). The first kappa shape index (κ1) is 15.5. The molecule has 1 aromatic carbocycles. The average Bonchev–Trinajstić information content (AvgIpc) is 2.28. The van der Waals surface area contributed by atoms with E-state index >= 15 is 0 Å². The summed E-state index contributed by atoms with van der Waals surface area (Å²) in [5.41, 5.74) is 0.899. The molecule has 19 heavy (non-hydrogen) atoms. The van der Waals surface area contributed by atoms with Gasteiger partial charge in [-0.25, -0.2) is 0 Å². The van der Waals surface area contributed by atoms with Crippen LogP contribution in [0.5, 0.6) is 5.75 Å². The van der Waals surface area contributed by atoms with E-state index in [9.17, 15) is 15.0 Å². The maximum Gasteiger partial charge on any atom is 0.220 e. The van der Waals surface area contributed by atoms with E-state index in [4.69, 9.17) is 0 Å². The minimum absolute atomic E-state index is 0.0506. The van der Waals surface area contributed by atoms with Crippen LogP contribution in [0, 0.1) is 5.41 Å². The van der Waals surface area contributed by atoms with Crippen LogP contribution >= 0.6 is 0 Å². The van der Waals surface area contributed by atoms with Gasteiger partial charge in [-0.3, -0.25) is 4.79 Å². The van der Waals surface area contributed by atoms with Crippen LogP contribution in [0.15, 0.2) is 24.3 Å². The first-order valence-corrected chi connectivity index (χ1v) is 6.48. The van der Waals surface area contributed by atoms with Gasteiger partial charge >= 0.3 is 0 Å². The zero-order valence-corrected chi connectivity index (χ0v) is 11.8. The molecule has 4 nitrogen and oxygen atoms in total. The van der Waals surface area contributed by atoms with Crippen molar-refractivity contribution in [1.82, 2.24) is 5.32 Å². The number of hydrogen-bond donors (Lipinski definition) is 3. The van der Waals surface area contributed by atoms with Gasteiger partial charge in [0, 0.05) is 6.42 Å². The Morgan fingerprint density at radius 2 is 1.84 bits per heavy atom. The number of rotatable bonds is 5. The van der Waals surface area contributed by atoms with Crippen LogP contribution in [0.2, 0.25) is 0 Å². The number of nitrogens with one attached hydrogen (secondary N) is 1. The fourth-order valence-corrected chi connectivity index (χ4v) is 1.84. The monoisotopic (exact) mass is 265 g/mol. The molecule has 0 aliphatic carbocycles. The highest BCUT2D eigenvalue weighted by atomic mass is 16.3. The molecule has 0 heterocycles. The van der Waals surface area contributed by atoms with Crippen molar-refractivity contribution in [3.8, 4) is 5.75 Å². The predicted octanol–water partition coefficient (Wildman–Crippen LogP) is 1.85. The number of aliphatic hydroxyl groups is 1. The van der Waals surface area contributed by atoms with Gasteiger partial charge in [0.05, 0.1) is 12.6 Å². The van der Waals surface area contributed by atoms with Crippen LogP contribution in [-0.4, -0.2) is 28.8 Å². The van der Waals surface area contributed by atoms with E-state index < -0.39 is 0 Å². The molecule has 0 unspecified atom stereocenters. The Balaban J connectivity index is 2.54. The summed E-state index contributed by atoms with van der Waals surface area (Å²) in [6, 6.07) is 6.47. The van der Waals surface area contributed by atoms with E-state index in [1.165, 1.54) is 0 Å². The normalized spacial score (nSPS) is 13.1. The Morgan fingerprint density at radius 1 is 1.26 bits per heavy atom. The third kappa shape index (κ3) is 6.25.